The van der Waals surface area contributed by atoms with E-state index in [1.807, 2.05) is 0 Å². The molecule has 1 aliphatic heterocycles. The number of halogens is 6. The average molecular weight is 389 g/mol. The Balaban J connectivity index is 1.85. The maximum atomic E-state index is 13.3. The molecule has 1 aliphatic rings. The van der Waals surface area contributed by atoms with E-state index < -0.39 is 29.5 Å². The van der Waals surface area contributed by atoms with Crippen molar-refractivity contribution in [3.8, 4) is 0 Å². The van der Waals surface area contributed by atoms with Gasteiger partial charge in [0.05, 0.1) is 17.2 Å². The van der Waals surface area contributed by atoms with Gasteiger partial charge in [-0.2, -0.15) is 26.3 Å². The zero-order valence-electron chi connectivity index (χ0n) is 14.0. The number of hydrogen-bond donors (Lipinski definition) is 2. The fourth-order valence-corrected chi connectivity index (χ4v) is 3.06. The lowest BCUT2D eigenvalue weighted by Gasteiger charge is -2.38. The number of hydrogen-bond acceptors (Lipinski definition) is 3. The molecule has 0 aliphatic carbocycles. The largest absolute Gasteiger partial charge is 0.416 e. The summed E-state index contributed by atoms with van der Waals surface area (Å²) in [5, 5.41) is 4.67. The second-order valence-corrected chi connectivity index (χ2v) is 6.19. The van der Waals surface area contributed by atoms with Crippen LogP contribution < -0.4 is 10.7 Å². The van der Waals surface area contributed by atoms with Crippen LogP contribution in [0.15, 0.2) is 48.5 Å². The average Bonchev–Trinajstić information content (AvgIpc) is 2.61. The Kier molecular flexibility index (Phi) is 5.34. The van der Waals surface area contributed by atoms with Gasteiger partial charge in [-0.25, -0.2) is 5.01 Å². The quantitative estimate of drug-likeness (QED) is 0.746. The highest BCUT2D eigenvalue weighted by Gasteiger charge is 2.37. The Morgan fingerprint density at radius 1 is 0.889 bits per heavy atom. The first-order valence-corrected chi connectivity index (χ1v) is 8.23. The topological polar surface area (TPSA) is 27.3 Å². The minimum absolute atomic E-state index is 0.108. The van der Waals surface area contributed by atoms with Crippen LogP contribution in [0.5, 0.6) is 0 Å². The fourth-order valence-electron chi connectivity index (χ4n) is 3.06. The van der Waals surface area contributed by atoms with Crippen LogP contribution in [0, 0.1) is 0 Å². The Morgan fingerprint density at radius 2 is 1.56 bits per heavy atom. The molecule has 9 heteroatoms. The van der Waals surface area contributed by atoms with Crippen LogP contribution in [0.2, 0.25) is 0 Å². The first-order chi connectivity index (χ1) is 12.7. The first-order valence-electron chi connectivity index (χ1n) is 8.23. The summed E-state index contributed by atoms with van der Waals surface area (Å²) in [4.78, 5) is 0. The van der Waals surface area contributed by atoms with Crippen molar-refractivity contribution in [3.05, 3.63) is 65.2 Å². The lowest BCUT2D eigenvalue weighted by Crippen LogP contribution is -2.49. The summed E-state index contributed by atoms with van der Waals surface area (Å²) in [6.45, 7) is 1.21. The number of nitrogens with one attached hydrogen (secondary N) is 2. The van der Waals surface area contributed by atoms with E-state index in [4.69, 9.17) is 0 Å². The molecule has 1 heterocycles. The monoisotopic (exact) mass is 389 g/mol. The highest BCUT2D eigenvalue weighted by molar-refractivity contribution is 5.45. The van der Waals surface area contributed by atoms with Gasteiger partial charge < -0.3 is 10.7 Å². The molecule has 3 nitrogen and oxygen atoms in total. The van der Waals surface area contributed by atoms with Crippen molar-refractivity contribution < 1.29 is 26.3 Å². The van der Waals surface area contributed by atoms with Gasteiger partial charge in [-0.3, -0.25) is 0 Å². The Hall–Kier alpha value is -2.26. The number of anilines is 1. The second kappa shape index (κ2) is 7.40. The summed E-state index contributed by atoms with van der Waals surface area (Å²) in [5.74, 6) is 0. The highest BCUT2D eigenvalue weighted by Crippen LogP contribution is 2.37. The predicted octanol–water partition coefficient (Wildman–Crippen LogP) is 4.70. The van der Waals surface area contributed by atoms with E-state index in [0.717, 1.165) is 18.2 Å². The maximum absolute atomic E-state index is 13.3. The molecule has 0 saturated carbocycles. The van der Waals surface area contributed by atoms with Crippen molar-refractivity contribution in [2.75, 3.05) is 25.1 Å². The van der Waals surface area contributed by atoms with Gasteiger partial charge in [-0.1, -0.05) is 18.2 Å². The molecule has 1 atom stereocenters. The molecule has 0 radical (unpaired) electrons. The molecule has 2 aromatic carbocycles. The van der Waals surface area contributed by atoms with Crippen molar-refractivity contribution in [2.45, 2.75) is 18.4 Å². The summed E-state index contributed by atoms with van der Waals surface area (Å²) < 4.78 is 78.1. The smallest absolute Gasteiger partial charge is 0.318 e. The molecule has 1 saturated heterocycles. The van der Waals surface area contributed by atoms with Crippen molar-refractivity contribution in [1.29, 1.82) is 0 Å². The van der Waals surface area contributed by atoms with Crippen LogP contribution in [0.3, 0.4) is 0 Å². The minimum Gasteiger partial charge on any atom is -0.318 e. The Bertz CT molecular complexity index is 770. The van der Waals surface area contributed by atoms with Gasteiger partial charge in [0.2, 0.25) is 0 Å². The third-order valence-electron chi connectivity index (χ3n) is 4.35. The van der Waals surface area contributed by atoms with E-state index in [2.05, 4.69) is 10.7 Å². The highest BCUT2D eigenvalue weighted by atomic mass is 19.4. The molecule has 0 bridgehead atoms. The molecule has 0 spiro atoms. The second-order valence-electron chi connectivity index (χ2n) is 6.19. The maximum Gasteiger partial charge on any atom is 0.416 e. The SMILES string of the molecule is FC(F)(F)c1ccc(NN2CCNCC2c2ccccc2C(F)(F)F)cc1. The Morgan fingerprint density at radius 3 is 2.19 bits per heavy atom. The van der Waals surface area contributed by atoms with Crippen LogP contribution in [0.4, 0.5) is 32.0 Å². The van der Waals surface area contributed by atoms with E-state index in [9.17, 15) is 26.3 Å². The molecule has 2 N–H and O–H groups in total. The van der Waals surface area contributed by atoms with Crippen LogP contribution in [0.1, 0.15) is 22.7 Å². The van der Waals surface area contributed by atoms with Crippen molar-refractivity contribution >= 4 is 5.69 Å². The number of piperazine rings is 1. The molecule has 2 aromatic rings. The third kappa shape index (κ3) is 4.54. The number of alkyl halides is 6. The van der Waals surface area contributed by atoms with Crippen molar-refractivity contribution in [3.63, 3.8) is 0 Å². The zero-order valence-corrected chi connectivity index (χ0v) is 14.0. The minimum atomic E-state index is -4.49. The lowest BCUT2D eigenvalue weighted by molar-refractivity contribution is -0.139. The van der Waals surface area contributed by atoms with Gasteiger partial charge in [0.1, 0.15) is 0 Å². The van der Waals surface area contributed by atoms with Crippen LogP contribution in [-0.4, -0.2) is 24.6 Å². The summed E-state index contributed by atoms with van der Waals surface area (Å²) in [7, 11) is 0. The van der Waals surface area contributed by atoms with Crippen molar-refractivity contribution in [1.82, 2.24) is 10.3 Å². The first kappa shape index (κ1) is 19.5. The molecule has 146 valence electrons. The summed E-state index contributed by atoms with van der Waals surface area (Å²) in [6.07, 6.45) is -8.93. The standard InChI is InChI=1S/C18H17F6N3/c19-17(20,21)12-5-7-13(8-6-12)26-27-10-9-25-11-16(27)14-3-1-2-4-15(14)18(22,23)24/h1-8,16,25-26H,9-11H2. The van der Waals surface area contributed by atoms with E-state index in [1.165, 1.54) is 30.3 Å². The number of nitrogens with zero attached hydrogens (tertiary/aromatic N) is 1. The molecule has 1 unspecified atom stereocenters. The van der Waals surface area contributed by atoms with Crippen LogP contribution in [0.25, 0.3) is 0 Å². The van der Waals surface area contributed by atoms with E-state index >= 15 is 0 Å². The summed E-state index contributed by atoms with van der Waals surface area (Å²) in [5.41, 5.74) is 1.92. The third-order valence-corrected chi connectivity index (χ3v) is 4.35. The van der Waals surface area contributed by atoms with Crippen LogP contribution in [-0.2, 0) is 12.4 Å². The zero-order chi connectivity index (χ0) is 19.7. The van der Waals surface area contributed by atoms with Gasteiger partial charge >= 0.3 is 12.4 Å². The number of benzene rings is 2. The lowest BCUT2D eigenvalue weighted by atomic mass is 9.98. The normalized spacial score (nSPS) is 19.1. The predicted molar refractivity (Wildman–Crippen MR) is 88.8 cm³/mol. The number of rotatable bonds is 3. The van der Waals surface area contributed by atoms with E-state index in [-0.39, 0.29) is 12.1 Å². The van der Waals surface area contributed by atoms with Gasteiger partial charge in [-0.15, -0.1) is 0 Å². The molecule has 3 rings (SSSR count). The summed E-state index contributed by atoms with van der Waals surface area (Å²) in [6, 6.07) is 9.08. The number of hydrazine groups is 1. The van der Waals surface area contributed by atoms with Gasteiger partial charge in [0, 0.05) is 25.3 Å². The molecule has 0 amide bonds. The molecule has 1 fully saturated rings. The van der Waals surface area contributed by atoms with Crippen molar-refractivity contribution in [2.24, 2.45) is 0 Å². The molecular formula is C18H17F6N3. The molecule has 0 aromatic heterocycles. The summed E-state index contributed by atoms with van der Waals surface area (Å²) >= 11 is 0. The molecular weight excluding hydrogens is 372 g/mol. The van der Waals surface area contributed by atoms with Gasteiger partial charge in [-0.05, 0) is 35.9 Å². The van der Waals surface area contributed by atoms with Crippen LogP contribution >= 0.6 is 0 Å². The Labute approximate surface area is 151 Å². The molecule has 27 heavy (non-hydrogen) atoms. The fraction of sp³-hybridized carbons (Fsp3) is 0.333. The van der Waals surface area contributed by atoms with E-state index in [0.29, 0.717) is 18.8 Å². The van der Waals surface area contributed by atoms with Gasteiger partial charge in [0.15, 0.2) is 0 Å². The van der Waals surface area contributed by atoms with Gasteiger partial charge in [0.25, 0.3) is 0 Å². The van der Waals surface area contributed by atoms with E-state index in [1.54, 1.807) is 5.01 Å².